The molecule has 0 fully saturated rings. The molecular formula is C15H33O8P. The Morgan fingerprint density at radius 3 is 1.50 bits per heavy atom. The molecular weight excluding hydrogens is 339 g/mol. The van der Waals surface area contributed by atoms with E-state index in [-0.39, 0.29) is 13.2 Å². The zero-order valence-electron chi connectivity index (χ0n) is 14.7. The Morgan fingerprint density at radius 2 is 1.04 bits per heavy atom. The van der Waals surface area contributed by atoms with Gasteiger partial charge in [0.2, 0.25) is 0 Å². The van der Waals surface area contributed by atoms with E-state index in [2.05, 4.69) is 11.4 Å². The molecule has 0 spiro atoms. The van der Waals surface area contributed by atoms with Crippen molar-refractivity contribution >= 4 is 7.82 Å². The predicted octanol–water partition coefficient (Wildman–Crippen LogP) is 2.13. The maximum atomic E-state index is 10.4. The van der Waals surface area contributed by atoms with Gasteiger partial charge in [-0.15, -0.1) is 0 Å². The van der Waals surface area contributed by atoms with Crippen molar-refractivity contribution in [3.05, 3.63) is 0 Å². The first-order valence-corrected chi connectivity index (χ1v) is 10.1. The maximum absolute atomic E-state index is 10.4. The molecule has 146 valence electrons. The molecule has 0 aliphatic heterocycles. The average molecular weight is 372 g/mol. The van der Waals surface area contributed by atoms with Crippen molar-refractivity contribution in [3.63, 3.8) is 0 Å². The monoisotopic (exact) mass is 372 g/mol. The molecule has 0 aromatic rings. The maximum Gasteiger partial charge on any atom is 0.469 e. The number of ether oxygens (including phenoxy) is 4. The van der Waals surface area contributed by atoms with Gasteiger partial charge < -0.3 is 28.7 Å². The Labute approximate surface area is 145 Å². The second-order valence-electron chi connectivity index (χ2n) is 5.19. The largest absolute Gasteiger partial charge is 0.469 e. The SMILES string of the molecule is CCCCCCCOCCOCCOCCOCCOP(=O)(O)O. The molecule has 0 heterocycles. The molecule has 8 nitrogen and oxygen atoms in total. The summed E-state index contributed by atoms with van der Waals surface area (Å²) in [5.41, 5.74) is 0. The Hall–Kier alpha value is -0.0500. The predicted molar refractivity (Wildman–Crippen MR) is 90.0 cm³/mol. The van der Waals surface area contributed by atoms with Crippen molar-refractivity contribution < 1.29 is 37.8 Å². The van der Waals surface area contributed by atoms with Crippen molar-refractivity contribution in [2.75, 3.05) is 59.5 Å². The number of rotatable bonds is 19. The van der Waals surface area contributed by atoms with Gasteiger partial charge in [-0.3, -0.25) is 4.52 Å². The molecule has 0 aliphatic rings. The Morgan fingerprint density at radius 1 is 0.625 bits per heavy atom. The second-order valence-corrected chi connectivity index (χ2v) is 6.43. The van der Waals surface area contributed by atoms with Crippen LogP contribution in [-0.4, -0.2) is 69.2 Å². The molecule has 0 aromatic carbocycles. The quantitative estimate of drug-likeness (QED) is 0.263. The number of hydrogen-bond donors (Lipinski definition) is 2. The molecule has 0 radical (unpaired) electrons. The summed E-state index contributed by atoms with van der Waals surface area (Å²) in [6.07, 6.45) is 6.19. The van der Waals surface area contributed by atoms with Crippen LogP contribution in [0.3, 0.4) is 0 Å². The van der Waals surface area contributed by atoms with Crippen LogP contribution in [0.1, 0.15) is 39.0 Å². The first kappa shape index (κ1) is 23.9. The molecule has 0 aliphatic carbocycles. The Kier molecular flexibility index (Phi) is 17.7. The van der Waals surface area contributed by atoms with Crippen molar-refractivity contribution in [1.29, 1.82) is 0 Å². The molecule has 0 aromatic heterocycles. The lowest BCUT2D eigenvalue weighted by molar-refractivity contribution is -0.00578. The highest BCUT2D eigenvalue weighted by atomic mass is 31.2. The summed E-state index contributed by atoms with van der Waals surface area (Å²) in [7, 11) is -4.39. The van der Waals surface area contributed by atoms with Gasteiger partial charge in [0.05, 0.1) is 52.9 Å². The highest BCUT2D eigenvalue weighted by molar-refractivity contribution is 7.46. The minimum absolute atomic E-state index is 0.112. The third-order valence-electron chi connectivity index (χ3n) is 3.00. The fourth-order valence-corrected chi connectivity index (χ4v) is 2.10. The van der Waals surface area contributed by atoms with E-state index < -0.39 is 7.82 Å². The van der Waals surface area contributed by atoms with Crippen LogP contribution < -0.4 is 0 Å². The van der Waals surface area contributed by atoms with Crippen LogP contribution in [0.2, 0.25) is 0 Å². The fourth-order valence-electron chi connectivity index (χ4n) is 1.78. The Bertz CT molecular complexity index is 297. The molecule has 0 saturated carbocycles. The summed E-state index contributed by atoms with van der Waals surface area (Å²) in [6, 6.07) is 0. The van der Waals surface area contributed by atoms with Gasteiger partial charge in [-0.05, 0) is 6.42 Å². The zero-order chi connectivity index (χ0) is 17.9. The molecule has 0 saturated heterocycles. The summed E-state index contributed by atoms with van der Waals surface area (Å²) in [6.45, 7) is 5.85. The summed E-state index contributed by atoms with van der Waals surface area (Å²) < 4.78 is 35.8. The molecule has 2 N–H and O–H groups in total. The summed E-state index contributed by atoms with van der Waals surface area (Å²) in [5.74, 6) is 0. The third-order valence-corrected chi connectivity index (χ3v) is 3.51. The smallest absolute Gasteiger partial charge is 0.379 e. The van der Waals surface area contributed by atoms with Crippen LogP contribution in [0, 0.1) is 0 Å². The molecule has 0 rings (SSSR count). The van der Waals surface area contributed by atoms with Gasteiger partial charge in [0.25, 0.3) is 0 Å². The topological polar surface area (TPSA) is 104 Å². The first-order valence-electron chi connectivity index (χ1n) is 8.57. The summed E-state index contributed by atoms with van der Waals surface area (Å²) >= 11 is 0. The highest BCUT2D eigenvalue weighted by Crippen LogP contribution is 2.35. The van der Waals surface area contributed by atoms with Gasteiger partial charge in [-0.1, -0.05) is 32.6 Å². The summed E-state index contributed by atoms with van der Waals surface area (Å²) in [4.78, 5) is 16.9. The normalized spacial score (nSPS) is 12.0. The molecule has 0 unspecified atom stereocenters. The third kappa shape index (κ3) is 21.9. The van der Waals surface area contributed by atoms with Crippen LogP contribution in [0.4, 0.5) is 0 Å². The molecule has 0 bridgehead atoms. The highest BCUT2D eigenvalue weighted by Gasteiger charge is 2.12. The second kappa shape index (κ2) is 17.8. The van der Waals surface area contributed by atoms with Gasteiger partial charge >= 0.3 is 7.82 Å². The molecule has 24 heavy (non-hydrogen) atoms. The van der Waals surface area contributed by atoms with Gasteiger partial charge in [0.15, 0.2) is 0 Å². The summed E-state index contributed by atoms with van der Waals surface area (Å²) in [5, 5.41) is 0. The Balaban J connectivity index is 3.02. The van der Waals surface area contributed by atoms with E-state index in [1.807, 2.05) is 0 Å². The molecule has 0 atom stereocenters. The lowest BCUT2D eigenvalue weighted by Crippen LogP contribution is -2.13. The number of phosphoric ester groups is 1. The lowest BCUT2D eigenvalue weighted by atomic mass is 10.2. The zero-order valence-corrected chi connectivity index (χ0v) is 15.6. The van der Waals surface area contributed by atoms with Crippen LogP contribution in [-0.2, 0) is 28.0 Å². The van der Waals surface area contributed by atoms with Crippen molar-refractivity contribution in [3.8, 4) is 0 Å². The molecule has 9 heteroatoms. The van der Waals surface area contributed by atoms with E-state index in [4.69, 9.17) is 28.7 Å². The van der Waals surface area contributed by atoms with Gasteiger partial charge in [0, 0.05) is 6.61 Å². The number of phosphoric acid groups is 1. The van der Waals surface area contributed by atoms with E-state index in [1.54, 1.807) is 0 Å². The average Bonchev–Trinajstić information content (AvgIpc) is 2.52. The van der Waals surface area contributed by atoms with Gasteiger partial charge in [-0.2, -0.15) is 0 Å². The first-order chi connectivity index (χ1) is 11.6. The van der Waals surface area contributed by atoms with E-state index in [9.17, 15) is 4.57 Å². The number of unbranched alkanes of at least 4 members (excludes halogenated alkanes) is 4. The van der Waals surface area contributed by atoms with Gasteiger partial charge in [-0.25, -0.2) is 4.57 Å². The van der Waals surface area contributed by atoms with Crippen LogP contribution in [0.15, 0.2) is 0 Å². The van der Waals surface area contributed by atoms with E-state index in [0.717, 1.165) is 13.0 Å². The minimum atomic E-state index is -4.39. The van der Waals surface area contributed by atoms with E-state index in [1.165, 1.54) is 25.7 Å². The molecule has 0 amide bonds. The van der Waals surface area contributed by atoms with Gasteiger partial charge in [0.1, 0.15) is 0 Å². The number of hydrogen-bond acceptors (Lipinski definition) is 6. The van der Waals surface area contributed by atoms with Crippen molar-refractivity contribution in [1.82, 2.24) is 0 Å². The lowest BCUT2D eigenvalue weighted by Gasteiger charge is -2.08. The standard InChI is InChI=1S/C15H33O8P/c1-2-3-4-5-6-7-19-8-9-20-10-11-21-12-13-22-14-15-23-24(16,17)18/h2-15H2,1H3,(H2,16,17,18). The van der Waals surface area contributed by atoms with Crippen LogP contribution in [0.25, 0.3) is 0 Å². The van der Waals surface area contributed by atoms with Crippen LogP contribution >= 0.6 is 7.82 Å². The van der Waals surface area contributed by atoms with Crippen molar-refractivity contribution in [2.45, 2.75) is 39.0 Å². The van der Waals surface area contributed by atoms with E-state index in [0.29, 0.717) is 39.6 Å². The fraction of sp³-hybridized carbons (Fsp3) is 1.00. The van der Waals surface area contributed by atoms with E-state index >= 15 is 0 Å². The minimum Gasteiger partial charge on any atom is -0.379 e. The van der Waals surface area contributed by atoms with Crippen LogP contribution in [0.5, 0.6) is 0 Å². The van der Waals surface area contributed by atoms with Crippen molar-refractivity contribution in [2.24, 2.45) is 0 Å².